The number of nitrogens with zero attached hydrogens (tertiary/aromatic N) is 1. The molecule has 0 aliphatic carbocycles. The van der Waals surface area contributed by atoms with E-state index in [4.69, 9.17) is 18.5 Å². The Morgan fingerprint density at radius 2 is 0.756 bits per heavy atom. The lowest BCUT2D eigenvalue weighted by Gasteiger charge is -2.24. The van der Waals surface area contributed by atoms with Gasteiger partial charge in [0.05, 0.1) is 27.7 Å². The number of phosphoric acid groups is 1. The number of hydrogen-bond acceptors (Lipinski definition) is 7. The van der Waals surface area contributed by atoms with Crippen LogP contribution < -0.4 is 0 Å². The molecule has 2 unspecified atom stereocenters. The maximum absolute atomic E-state index is 12.8. The van der Waals surface area contributed by atoms with E-state index in [-0.39, 0.29) is 32.0 Å². The molecule has 0 radical (unpaired) electrons. The quantitative estimate of drug-likeness (QED) is 0.0211. The van der Waals surface area contributed by atoms with Crippen molar-refractivity contribution in [3.05, 3.63) is 85.1 Å². The minimum Gasteiger partial charge on any atom is -0.462 e. The lowest BCUT2D eigenvalue weighted by Crippen LogP contribution is -2.37. The highest BCUT2D eigenvalue weighted by Crippen LogP contribution is 2.43. The predicted octanol–water partition coefficient (Wildman–Crippen LogP) is 20.6. The monoisotopic (exact) mass is 1110 g/mol. The molecule has 2 atom stereocenters. The number of unbranched alkanes of at least 4 members (excludes halogenated alkanes) is 31. The fourth-order valence-electron chi connectivity index (χ4n) is 8.98. The van der Waals surface area contributed by atoms with E-state index in [1.807, 2.05) is 33.3 Å². The van der Waals surface area contributed by atoms with Gasteiger partial charge in [0.15, 0.2) is 6.10 Å². The molecular formula is C68H123NO8P+. The minimum atomic E-state index is -4.41. The third kappa shape index (κ3) is 62.4. The second kappa shape index (κ2) is 58.8. The van der Waals surface area contributed by atoms with E-state index in [9.17, 15) is 19.0 Å². The molecule has 0 heterocycles. The van der Waals surface area contributed by atoms with Crippen molar-refractivity contribution in [2.45, 2.75) is 290 Å². The summed E-state index contributed by atoms with van der Waals surface area (Å²) in [5, 5.41) is 0. The fourth-order valence-corrected chi connectivity index (χ4v) is 9.72. The first-order valence-corrected chi connectivity index (χ1v) is 33.8. The third-order valence-corrected chi connectivity index (χ3v) is 14.9. The molecule has 9 nitrogen and oxygen atoms in total. The summed E-state index contributed by atoms with van der Waals surface area (Å²) in [6.07, 6.45) is 80.0. The van der Waals surface area contributed by atoms with Gasteiger partial charge in [-0.3, -0.25) is 18.6 Å². The van der Waals surface area contributed by atoms with E-state index in [0.717, 1.165) is 57.8 Å². The second-order valence-corrected chi connectivity index (χ2v) is 24.2. The van der Waals surface area contributed by atoms with E-state index < -0.39 is 26.5 Å². The largest absolute Gasteiger partial charge is 0.472 e. The molecule has 0 amide bonds. The number of carbonyl (C=O) groups is 2. The van der Waals surface area contributed by atoms with Gasteiger partial charge in [0, 0.05) is 12.8 Å². The first-order chi connectivity index (χ1) is 38.0. The number of allylic oxidation sites excluding steroid dienone is 14. The number of esters is 2. The highest BCUT2D eigenvalue weighted by Gasteiger charge is 2.27. The maximum atomic E-state index is 12.8. The van der Waals surface area contributed by atoms with Gasteiger partial charge in [0.25, 0.3) is 0 Å². The first-order valence-electron chi connectivity index (χ1n) is 32.3. The van der Waals surface area contributed by atoms with Crippen LogP contribution in [0.5, 0.6) is 0 Å². The molecule has 10 heteroatoms. The molecule has 0 aromatic heterocycles. The molecule has 0 aromatic rings. The number of carbonyl (C=O) groups excluding carboxylic acids is 2. The predicted molar refractivity (Wildman–Crippen MR) is 335 cm³/mol. The topological polar surface area (TPSA) is 108 Å². The fraction of sp³-hybridized carbons (Fsp3) is 0.765. The number of phosphoric ester groups is 1. The molecule has 0 saturated heterocycles. The first kappa shape index (κ1) is 75.2. The van der Waals surface area contributed by atoms with Crippen LogP contribution >= 0.6 is 7.82 Å². The number of hydrogen-bond donors (Lipinski definition) is 1. The van der Waals surface area contributed by atoms with Gasteiger partial charge < -0.3 is 18.9 Å². The Hall–Kier alpha value is -2.81. The zero-order valence-electron chi connectivity index (χ0n) is 51.4. The summed E-state index contributed by atoms with van der Waals surface area (Å²) in [5.74, 6) is -0.890. The molecule has 0 rings (SSSR count). The lowest BCUT2D eigenvalue weighted by atomic mass is 10.0. The van der Waals surface area contributed by atoms with Crippen LogP contribution in [0.2, 0.25) is 0 Å². The van der Waals surface area contributed by atoms with Crippen molar-refractivity contribution in [1.82, 2.24) is 0 Å². The summed E-state index contributed by atoms with van der Waals surface area (Å²) in [7, 11) is 1.43. The van der Waals surface area contributed by atoms with E-state index in [1.165, 1.54) is 193 Å². The molecule has 0 saturated carbocycles. The smallest absolute Gasteiger partial charge is 0.462 e. The molecule has 78 heavy (non-hydrogen) atoms. The number of quaternary nitrogens is 1. The van der Waals surface area contributed by atoms with Gasteiger partial charge in [-0.2, -0.15) is 0 Å². The van der Waals surface area contributed by atoms with E-state index in [2.05, 4.69) is 86.8 Å². The van der Waals surface area contributed by atoms with Crippen molar-refractivity contribution in [3.8, 4) is 0 Å². The number of ether oxygens (including phenoxy) is 2. The van der Waals surface area contributed by atoms with Crippen LogP contribution in [0.4, 0.5) is 0 Å². The van der Waals surface area contributed by atoms with Crippen LogP contribution in [0, 0.1) is 0 Å². The summed E-state index contributed by atoms with van der Waals surface area (Å²) in [6.45, 7) is 4.25. The highest BCUT2D eigenvalue weighted by molar-refractivity contribution is 7.47. The zero-order valence-corrected chi connectivity index (χ0v) is 52.3. The van der Waals surface area contributed by atoms with Crippen molar-refractivity contribution in [2.75, 3.05) is 47.5 Å². The molecule has 0 aromatic carbocycles. The minimum absolute atomic E-state index is 0.0155. The van der Waals surface area contributed by atoms with Crippen LogP contribution in [-0.4, -0.2) is 74.9 Å². The average molecular weight is 1110 g/mol. The van der Waals surface area contributed by atoms with Crippen LogP contribution in [0.15, 0.2) is 85.1 Å². The Kier molecular flexibility index (Phi) is 56.7. The van der Waals surface area contributed by atoms with Gasteiger partial charge in [0.1, 0.15) is 19.8 Å². The standard InChI is InChI=1S/C68H122NO8P/c1-6-8-10-12-14-16-18-20-22-24-26-27-28-29-30-31-32-33-34-35-36-37-38-39-40-41-43-44-46-48-50-52-54-56-58-60-67(70)74-64-66(65-76-78(72,73)75-63-62-69(3,4)5)77-68(71)61-59-57-55-53-51-49-47-45-42-25-23-21-19-17-15-13-11-9-7-2/h9,11,15,17,21,23-24,26,42,45,49,51,55,57,66H,6-8,10,12-14,16,18-20,22,25,27-41,43-44,46-48,50,52-54,56,58-65H2,1-5H3/p+1/b11-9-,17-15-,23-21-,26-24-,45-42-,51-49-,57-55-. The Morgan fingerprint density at radius 3 is 1.14 bits per heavy atom. The Balaban J connectivity index is 4.04. The number of rotatable bonds is 59. The van der Waals surface area contributed by atoms with E-state index >= 15 is 0 Å². The second-order valence-electron chi connectivity index (χ2n) is 22.8. The zero-order chi connectivity index (χ0) is 57.0. The average Bonchev–Trinajstić information content (AvgIpc) is 3.41. The van der Waals surface area contributed by atoms with E-state index in [0.29, 0.717) is 17.4 Å². The molecule has 0 fully saturated rings. The number of likely N-dealkylation sites (N-methyl/N-ethyl adjacent to an activating group) is 1. The van der Waals surface area contributed by atoms with Crippen LogP contribution in [-0.2, 0) is 32.7 Å². The van der Waals surface area contributed by atoms with Crippen molar-refractivity contribution in [3.63, 3.8) is 0 Å². The summed E-state index contributed by atoms with van der Waals surface area (Å²) in [6, 6.07) is 0. The van der Waals surface area contributed by atoms with Crippen LogP contribution in [0.1, 0.15) is 284 Å². The Morgan fingerprint density at radius 1 is 0.410 bits per heavy atom. The maximum Gasteiger partial charge on any atom is 0.472 e. The van der Waals surface area contributed by atoms with Crippen molar-refractivity contribution < 1.29 is 42.1 Å². The summed E-state index contributed by atoms with van der Waals surface area (Å²) in [5.41, 5.74) is 0. The van der Waals surface area contributed by atoms with Crippen molar-refractivity contribution in [1.29, 1.82) is 0 Å². The van der Waals surface area contributed by atoms with Gasteiger partial charge in [-0.1, -0.05) is 279 Å². The van der Waals surface area contributed by atoms with Crippen LogP contribution in [0.25, 0.3) is 0 Å². The molecule has 0 spiro atoms. The molecule has 0 aliphatic rings. The van der Waals surface area contributed by atoms with Gasteiger partial charge >= 0.3 is 19.8 Å². The summed E-state index contributed by atoms with van der Waals surface area (Å²) >= 11 is 0. The van der Waals surface area contributed by atoms with Gasteiger partial charge in [-0.05, 0) is 77.0 Å². The highest BCUT2D eigenvalue weighted by atomic mass is 31.2. The van der Waals surface area contributed by atoms with Gasteiger partial charge in [-0.15, -0.1) is 0 Å². The van der Waals surface area contributed by atoms with Gasteiger partial charge in [0.2, 0.25) is 0 Å². The molecule has 452 valence electrons. The molecule has 1 N–H and O–H groups in total. The SMILES string of the molecule is CC/C=C\C/C=C\C/C=C\C/C=C\C/C=C\C/C=C\CCC(=O)OC(COC(=O)CCCCCCCCCCCCCCCCCCCCCCCCC/C=C\CCCCCCCCCC)COP(=O)(O)OCC[N+](C)(C)C. The van der Waals surface area contributed by atoms with Crippen molar-refractivity contribution >= 4 is 19.8 Å². The lowest BCUT2D eigenvalue weighted by molar-refractivity contribution is -0.870. The Bertz CT molecular complexity index is 1590. The van der Waals surface area contributed by atoms with Gasteiger partial charge in [-0.25, -0.2) is 4.57 Å². The Labute approximate surface area is 481 Å². The molecular weight excluding hydrogens is 990 g/mol. The third-order valence-electron chi connectivity index (χ3n) is 13.9. The summed E-state index contributed by atoms with van der Waals surface area (Å²) in [4.78, 5) is 35.7. The van der Waals surface area contributed by atoms with Crippen LogP contribution in [0.3, 0.4) is 0 Å². The van der Waals surface area contributed by atoms with E-state index in [1.54, 1.807) is 0 Å². The molecule has 0 aliphatic heterocycles. The molecule has 0 bridgehead atoms. The normalized spacial score (nSPS) is 13.8. The summed E-state index contributed by atoms with van der Waals surface area (Å²) < 4.78 is 34.5. The van der Waals surface area contributed by atoms with Crippen molar-refractivity contribution in [2.24, 2.45) is 0 Å².